The van der Waals surface area contributed by atoms with E-state index in [1.807, 2.05) is 0 Å². The van der Waals surface area contributed by atoms with E-state index >= 15 is 0 Å². The summed E-state index contributed by atoms with van der Waals surface area (Å²) < 4.78 is 0. The van der Waals surface area contributed by atoms with Crippen molar-refractivity contribution in [1.29, 1.82) is 0 Å². The maximum absolute atomic E-state index is 10.3. The smallest absolute Gasteiger partial charge is 0.339 e. The number of rotatable bonds is 2. The molecule has 10 heavy (non-hydrogen) atoms. The number of hydrogen-bond acceptors (Lipinski definition) is 3. The summed E-state index contributed by atoms with van der Waals surface area (Å²) >= 11 is 3.69. The molecule has 0 saturated heterocycles. The molecule has 0 unspecified atom stereocenters. The van der Waals surface area contributed by atoms with Gasteiger partial charge in [-0.3, -0.25) is 4.79 Å². The number of thiol groups is 1. The van der Waals surface area contributed by atoms with Gasteiger partial charge in [0.15, 0.2) is 4.87 Å². The van der Waals surface area contributed by atoms with Gasteiger partial charge >= 0.3 is 5.97 Å². The van der Waals surface area contributed by atoms with Gasteiger partial charge in [-0.15, -0.1) is 12.6 Å². The molecule has 0 aromatic heterocycles. The Morgan fingerprint density at radius 2 is 2.00 bits per heavy atom. The lowest BCUT2D eigenvalue weighted by molar-refractivity contribution is -0.142. The van der Waals surface area contributed by atoms with Gasteiger partial charge in [-0.1, -0.05) is 0 Å². The summed E-state index contributed by atoms with van der Waals surface area (Å²) in [5, 5.41) is 10.5. The maximum Gasteiger partial charge on any atom is 0.339 e. The molecule has 0 aromatic rings. The van der Waals surface area contributed by atoms with Gasteiger partial charge in [-0.05, 0) is 6.92 Å². The topological polar surface area (TPSA) is 66.4 Å². The Morgan fingerprint density at radius 3 is 2.10 bits per heavy atom. The number of aliphatic carboxylic acids is 1. The quantitative estimate of drug-likeness (QED) is 0.392. The highest BCUT2D eigenvalue weighted by molar-refractivity contribution is 7.82. The molecule has 0 aliphatic rings. The van der Waals surface area contributed by atoms with E-state index in [9.17, 15) is 9.59 Å². The second-order valence-corrected chi connectivity index (χ2v) is 2.95. The van der Waals surface area contributed by atoms with Crippen molar-refractivity contribution in [2.75, 3.05) is 0 Å². The van der Waals surface area contributed by atoms with Crippen LogP contribution in [0.1, 0.15) is 13.8 Å². The molecule has 0 aliphatic heterocycles. The first-order valence-corrected chi connectivity index (χ1v) is 3.05. The molecule has 4 nitrogen and oxygen atoms in total. The summed E-state index contributed by atoms with van der Waals surface area (Å²) in [6, 6.07) is 0. The van der Waals surface area contributed by atoms with Crippen LogP contribution in [0.2, 0.25) is 0 Å². The molecule has 0 heterocycles. The summed E-state index contributed by atoms with van der Waals surface area (Å²) in [7, 11) is 0. The molecule has 1 atom stereocenters. The highest BCUT2D eigenvalue weighted by atomic mass is 32.1. The number of amides is 1. The molecule has 0 rings (SSSR count). The predicted octanol–water partition coefficient (Wildman–Crippen LogP) is -0.147. The van der Waals surface area contributed by atoms with Crippen molar-refractivity contribution >= 4 is 24.5 Å². The summed E-state index contributed by atoms with van der Waals surface area (Å²) in [6.07, 6.45) is 0. The van der Waals surface area contributed by atoms with E-state index in [2.05, 4.69) is 17.9 Å². The molecule has 0 aromatic carbocycles. The highest BCUT2D eigenvalue weighted by Gasteiger charge is 2.28. The minimum absolute atomic E-state index is 0.417. The Hall–Kier alpha value is -0.710. The molecular formula is C5H9NO3S. The molecule has 5 heteroatoms. The Morgan fingerprint density at radius 1 is 1.60 bits per heavy atom. The van der Waals surface area contributed by atoms with Gasteiger partial charge in [0, 0.05) is 6.92 Å². The zero-order valence-electron chi connectivity index (χ0n) is 5.71. The minimum atomic E-state index is -1.47. The summed E-state index contributed by atoms with van der Waals surface area (Å²) in [5.74, 6) is -1.59. The molecule has 1 amide bonds. The Balaban J connectivity index is 4.13. The van der Waals surface area contributed by atoms with Crippen molar-refractivity contribution in [3.05, 3.63) is 0 Å². The number of hydrogen-bond donors (Lipinski definition) is 3. The minimum Gasteiger partial charge on any atom is -0.479 e. The normalized spacial score (nSPS) is 15.5. The van der Waals surface area contributed by atoms with E-state index < -0.39 is 16.7 Å². The third-order valence-corrected chi connectivity index (χ3v) is 1.14. The van der Waals surface area contributed by atoms with E-state index in [1.165, 1.54) is 13.8 Å². The lowest BCUT2D eigenvalue weighted by Gasteiger charge is -2.18. The first-order chi connectivity index (χ1) is 4.36. The van der Waals surface area contributed by atoms with Gasteiger partial charge in [0.25, 0.3) is 0 Å². The van der Waals surface area contributed by atoms with Gasteiger partial charge in [0.1, 0.15) is 0 Å². The number of carbonyl (C=O) groups is 2. The van der Waals surface area contributed by atoms with Crippen LogP contribution < -0.4 is 5.32 Å². The van der Waals surface area contributed by atoms with Crippen molar-refractivity contribution in [1.82, 2.24) is 5.32 Å². The average molecular weight is 163 g/mol. The van der Waals surface area contributed by atoms with Crippen molar-refractivity contribution in [2.24, 2.45) is 0 Å². The molecule has 0 radical (unpaired) electrons. The third kappa shape index (κ3) is 2.72. The fourth-order valence-electron chi connectivity index (χ4n) is 0.396. The fraction of sp³-hybridized carbons (Fsp3) is 0.600. The summed E-state index contributed by atoms with van der Waals surface area (Å²) in [4.78, 5) is 19.1. The lowest BCUT2D eigenvalue weighted by Crippen LogP contribution is -2.46. The summed E-state index contributed by atoms with van der Waals surface area (Å²) in [5.41, 5.74) is 0. The molecule has 0 saturated carbocycles. The Kier molecular flexibility index (Phi) is 2.71. The summed E-state index contributed by atoms with van der Waals surface area (Å²) in [6.45, 7) is 2.53. The molecule has 58 valence electrons. The van der Waals surface area contributed by atoms with E-state index in [-0.39, 0.29) is 0 Å². The number of carboxylic acids is 1. The van der Waals surface area contributed by atoms with E-state index in [1.54, 1.807) is 0 Å². The van der Waals surface area contributed by atoms with Crippen LogP contribution in [0.25, 0.3) is 0 Å². The van der Waals surface area contributed by atoms with Crippen molar-refractivity contribution in [3.8, 4) is 0 Å². The predicted molar refractivity (Wildman–Crippen MR) is 38.8 cm³/mol. The van der Waals surface area contributed by atoms with Crippen LogP contribution in [0.15, 0.2) is 0 Å². The third-order valence-electron chi connectivity index (χ3n) is 0.836. The average Bonchev–Trinajstić information content (AvgIpc) is 1.60. The first-order valence-electron chi connectivity index (χ1n) is 2.61. The van der Waals surface area contributed by atoms with Gasteiger partial charge in [-0.2, -0.15) is 0 Å². The first kappa shape index (κ1) is 9.29. The zero-order valence-corrected chi connectivity index (χ0v) is 6.61. The largest absolute Gasteiger partial charge is 0.479 e. The van der Waals surface area contributed by atoms with Crippen LogP contribution in [-0.2, 0) is 9.59 Å². The lowest BCUT2D eigenvalue weighted by atomic mass is 10.3. The van der Waals surface area contributed by atoms with Crippen molar-refractivity contribution in [2.45, 2.75) is 18.7 Å². The van der Waals surface area contributed by atoms with Crippen LogP contribution in [0.4, 0.5) is 0 Å². The van der Waals surface area contributed by atoms with Gasteiger partial charge in [0.2, 0.25) is 5.91 Å². The van der Waals surface area contributed by atoms with Gasteiger partial charge in [0.05, 0.1) is 0 Å². The second kappa shape index (κ2) is 2.92. The molecule has 0 spiro atoms. The maximum atomic E-state index is 10.3. The second-order valence-electron chi connectivity index (χ2n) is 2.06. The van der Waals surface area contributed by atoms with Crippen LogP contribution in [-0.4, -0.2) is 21.9 Å². The van der Waals surface area contributed by atoms with E-state index in [0.717, 1.165) is 0 Å². The molecule has 0 aliphatic carbocycles. The van der Waals surface area contributed by atoms with Crippen LogP contribution >= 0.6 is 12.6 Å². The van der Waals surface area contributed by atoms with E-state index in [0.29, 0.717) is 0 Å². The molecule has 0 bridgehead atoms. The van der Waals surface area contributed by atoms with Crippen LogP contribution in [0, 0.1) is 0 Å². The van der Waals surface area contributed by atoms with Gasteiger partial charge < -0.3 is 10.4 Å². The Labute approximate surface area is 64.0 Å². The SMILES string of the molecule is CC(=O)N[C@@](C)(S)C(=O)O. The van der Waals surface area contributed by atoms with Gasteiger partial charge in [-0.25, -0.2) is 4.79 Å². The standard InChI is InChI=1S/C5H9NO3S/c1-3(7)6-5(2,10)4(8)9/h10H,1-2H3,(H,6,7)(H,8,9)/t5-/m0/s1. The number of carbonyl (C=O) groups excluding carboxylic acids is 1. The van der Waals surface area contributed by atoms with Crippen molar-refractivity contribution in [3.63, 3.8) is 0 Å². The number of carboxylic acid groups (broad SMARTS) is 1. The fourth-order valence-corrected chi connectivity index (χ4v) is 0.554. The molecular weight excluding hydrogens is 154 g/mol. The van der Waals surface area contributed by atoms with Crippen LogP contribution in [0.5, 0.6) is 0 Å². The number of nitrogens with one attached hydrogen (secondary N) is 1. The van der Waals surface area contributed by atoms with E-state index in [4.69, 9.17) is 5.11 Å². The monoisotopic (exact) mass is 163 g/mol. The molecule has 2 N–H and O–H groups in total. The van der Waals surface area contributed by atoms with Crippen LogP contribution in [0.3, 0.4) is 0 Å². The van der Waals surface area contributed by atoms with Crippen molar-refractivity contribution < 1.29 is 14.7 Å². The Bertz CT molecular complexity index is 166. The zero-order chi connectivity index (χ0) is 8.36. The molecule has 0 fully saturated rings. The highest BCUT2D eigenvalue weighted by Crippen LogP contribution is 2.07.